The summed E-state index contributed by atoms with van der Waals surface area (Å²) in [5.41, 5.74) is 0. The Morgan fingerprint density at radius 1 is 0.917 bits per heavy atom. The summed E-state index contributed by atoms with van der Waals surface area (Å²) in [5.74, 6) is -0.494. The molecule has 1 heterocycles. The van der Waals surface area contributed by atoms with E-state index in [1.54, 1.807) is 0 Å². The van der Waals surface area contributed by atoms with Crippen molar-refractivity contribution in [1.82, 2.24) is 0 Å². The standard InChI is InChI=1S/C18H26O6/c19-14-3-1-2-12(8-14)10-22-17(20)6-7-18(21)23-11-13-4-5-15-16(9-13)24-15/h6-7,12-16,19H,1-5,8-11H2/b7-6+. The van der Waals surface area contributed by atoms with Crippen molar-refractivity contribution < 1.29 is 28.9 Å². The molecule has 0 amide bonds. The fourth-order valence-electron chi connectivity index (χ4n) is 3.68. The predicted molar refractivity (Wildman–Crippen MR) is 85.0 cm³/mol. The number of aliphatic hydroxyl groups is 1. The van der Waals surface area contributed by atoms with E-state index in [-0.39, 0.29) is 12.0 Å². The molecule has 2 aliphatic carbocycles. The summed E-state index contributed by atoms with van der Waals surface area (Å²) in [5, 5.41) is 9.58. The Bertz CT molecular complexity index is 464. The highest BCUT2D eigenvalue weighted by Crippen LogP contribution is 2.39. The van der Waals surface area contributed by atoms with Gasteiger partial charge in [0, 0.05) is 12.2 Å². The van der Waals surface area contributed by atoms with Gasteiger partial charge in [0.25, 0.3) is 0 Å². The summed E-state index contributed by atoms with van der Waals surface area (Å²) in [6.07, 6.45) is 9.20. The maximum atomic E-state index is 11.6. The van der Waals surface area contributed by atoms with E-state index >= 15 is 0 Å². The largest absolute Gasteiger partial charge is 0.462 e. The SMILES string of the molecule is O=C(/C=C/C(=O)OCC1CCC2OC2C1)OCC1CCCC(O)C1. The first kappa shape index (κ1) is 17.4. The Hall–Kier alpha value is -1.40. The Labute approximate surface area is 142 Å². The molecule has 0 spiro atoms. The zero-order valence-electron chi connectivity index (χ0n) is 13.9. The Morgan fingerprint density at radius 2 is 1.58 bits per heavy atom. The molecule has 3 aliphatic rings. The molecule has 24 heavy (non-hydrogen) atoms. The molecule has 134 valence electrons. The monoisotopic (exact) mass is 338 g/mol. The van der Waals surface area contributed by atoms with Crippen LogP contribution in [0.3, 0.4) is 0 Å². The van der Waals surface area contributed by atoms with Crippen LogP contribution in [0.15, 0.2) is 12.2 Å². The number of aliphatic hydroxyl groups excluding tert-OH is 1. The maximum absolute atomic E-state index is 11.6. The van der Waals surface area contributed by atoms with Gasteiger partial charge in [-0.05, 0) is 50.4 Å². The maximum Gasteiger partial charge on any atom is 0.331 e. The molecule has 1 N–H and O–H groups in total. The number of ether oxygens (including phenoxy) is 3. The minimum absolute atomic E-state index is 0.206. The van der Waals surface area contributed by atoms with Gasteiger partial charge in [-0.1, -0.05) is 6.42 Å². The van der Waals surface area contributed by atoms with Crippen molar-refractivity contribution in [2.24, 2.45) is 11.8 Å². The van der Waals surface area contributed by atoms with Crippen LogP contribution in [0.1, 0.15) is 44.9 Å². The van der Waals surface area contributed by atoms with E-state index in [4.69, 9.17) is 14.2 Å². The second-order valence-electron chi connectivity index (χ2n) is 7.17. The fourth-order valence-corrected chi connectivity index (χ4v) is 3.68. The van der Waals surface area contributed by atoms with E-state index in [0.29, 0.717) is 37.8 Å². The van der Waals surface area contributed by atoms with Gasteiger partial charge in [0.05, 0.1) is 31.5 Å². The van der Waals surface area contributed by atoms with Crippen LogP contribution in [-0.4, -0.2) is 48.6 Å². The van der Waals surface area contributed by atoms with Gasteiger partial charge in [0.1, 0.15) is 0 Å². The number of fused-ring (bicyclic) bond motifs is 1. The third-order valence-electron chi connectivity index (χ3n) is 5.15. The lowest BCUT2D eigenvalue weighted by molar-refractivity contribution is -0.142. The molecule has 0 aromatic carbocycles. The Morgan fingerprint density at radius 3 is 2.21 bits per heavy atom. The highest BCUT2D eigenvalue weighted by Gasteiger charge is 2.43. The fraction of sp³-hybridized carbons (Fsp3) is 0.778. The second-order valence-corrected chi connectivity index (χ2v) is 7.17. The number of hydrogen-bond donors (Lipinski definition) is 1. The summed E-state index contributed by atoms with van der Waals surface area (Å²) in [6.45, 7) is 0.671. The summed E-state index contributed by atoms with van der Waals surface area (Å²) < 4.78 is 15.8. The lowest BCUT2D eigenvalue weighted by Gasteiger charge is -2.25. The first-order chi connectivity index (χ1) is 11.6. The first-order valence-electron chi connectivity index (χ1n) is 8.95. The van der Waals surface area contributed by atoms with Crippen molar-refractivity contribution in [3.05, 3.63) is 12.2 Å². The van der Waals surface area contributed by atoms with Crippen LogP contribution in [0.25, 0.3) is 0 Å². The topological polar surface area (TPSA) is 85.4 Å². The normalized spacial score (nSPS) is 35.3. The van der Waals surface area contributed by atoms with E-state index < -0.39 is 11.9 Å². The van der Waals surface area contributed by atoms with Crippen molar-refractivity contribution >= 4 is 11.9 Å². The number of hydrogen-bond acceptors (Lipinski definition) is 6. The zero-order chi connectivity index (χ0) is 16.9. The van der Waals surface area contributed by atoms with Gasteiger partial charge in [-0.2, -0.15) is 0 Å². The number of carbonyl (C=O) groups is 2. The molecule has 3 rings (SSSR count). The molecule has 0 aromatic heterocycles. The van der Waals surface area contributed by atoms with Gasteiger partial charge in [0.15, 0.2) is 0 Å². The molecule has 3 fully saturated rings. The Balaban J connectivity index is 1.29. The number of epoxide rings is 1. The molecule has 5 unspecified atom stereocenters. The molecular formula is C18H26O6. The summed E-state index contributed by atoms with van der Waals surface area (Å²) in [7, 11) is 0. The predicted octanol–water partition coefficient (Wildman–Crippen LogP) is 1.75. The van der Waals surface area contributed by atoms with E-state index in [2.05, 4.69) is 0 Å². The summed E-state index contributed by atoms with van der Waals surface area (Å²) in [6, 6.07) is 0. The smallest absolute Gasteiger partial charge is 0.331 e. The number of esters is 2. The van der Waals surface area contributed by atoms with Crippen LogP contribution in [0, 0.1) is 11.8 Å². The third kappa shape index (κ3) is 5.31. The molecule has 6 nitrogen and oxygen atoms in total. The lowest BCUT2D eigenvalue weighted by Crippen LogP contribution is -2.24. The molecule has 6 heteroatoms. The third-order valence-corrected chi connectivity index (χ3v) is 5.15. The van der Waals surface area contributed by atoms with Crippen molar-refractivity contribution in [3.8, 4) is 0 Å². The van der Waals surface area contributed by atoms with E-state index in [9.17, 15) is 14.7 Å². The van der Waals surface area contributed by atoms with Crippen molar-refractivity contribution in [1.29, 1.82) is 0 Å². The summed E-state index contributed by atoms with van der Waals surface area (Å²) in [4.78, 5) is 23.3. The van der Waals surface area contributed by atoms with E-state index in [1.807, 2.05) is 0 Å². The van der Waals surface area contributed by atoms with Crippen LogP contribution in [0.4, 0.5) is 0 Å². The van der Waals surface area contributed by atoms with Crippen LogP contribution in [0.2, 0.25) is 0 Å². The van der Waals surface area contributed by atoms with Gasteiger partial charge < -0.3 is 19.3 Å². The van der Waals surface area contributed by atoms with Crippen molar-refractivity contribution in [2.75, 3.05) is 13.2 Å². The van der Waals surface area contributed by atoms with Crippen molar-refractivity contribution in [3.63, 3.8) is 0 Å². The van der Waals surface area contributed by atoms with E-state index in [0.717, 1.165) is 50.7 Å². The second kappa shape index (κ2) is 8.12. The quantitative estimate of drug-likeness (QED) is 0.451. The lowest BCUT2D eigenvalue weighted by atomic mass is 9.88. The molecule has 5 atom stereocenters. The van der Waals surface area contributed by atoms with Gasteiger partial charge >= 0.3 is 11.9 Å². The van der Waals surface area contributed by atoms with Crippen LogP contribution >= 0.6 is 0 Å². The van der Waals surface area contributed by atoms with Gasteiger partial charge in [-0.25, -0.2) is 9.59 Å². The highest BCUT2D eigenvalue weighted by atomic mass is 16.6. The first-order valence-corrected chi connectivity index (χ1v) is 8.95. The van der Waals surface area contributed by atoms with Gasteiger partial charge in [0.2, 0.25) is 0 Å². The highest BCUT2D eigenvalue weighted by molar-refractivity contribution is 5.91. The molecular weight excluding hydrogens is 312 g/mol. The molecule has 0 aromatic rings. The summed E-state index contributed by atoms with van der Waals surface area (Å²) >= 11 is 0. The molecule has 1 aliphatic heterocycles. The number of carbonyl (C=O) groups excluding carboxylic acids is 2. The minimum Gasteiger partial charge on any atom is -0.462 e. The van der Waals surface area contributed by atoms with Gasteiger partial charge in [-0.15, -0.1) is 0 Å². The molecule has 1 saturated heterocycles. The van der Waals surface area contributed by atoms with E-state index in [1.165, 1.54) is 0 Å². The molecule has 2 saturated carbocycles. The minimum atomic E-state index is -0.543. The zero-order valence-corrected chi connectivity index (χ0v) is 13.9. The van der Waals surface area contributed by atoms with Gasteiger partial charge in [-0.3, -0.25) is 0 Å². The van der Waals surface area contributed by atoms with Crippen LogP contribution < -0.4 is 0 Å². The van der Waals surface area contributed by atoms with Crippen molar-refractivity contribution in [2.45, 2.75) is 63.3 Å². The molecule has 0 radical (unpaired) electrons. The van der Waals surface area contributed by atoms with Crippen LogP contribution in [-0.2, 0) is 23.8 Å². The average molecular weight is 338 g/mol. The van der Waals surface area contributed by atoms with Crippen LogP contribution in [0.5, 0.6) is 0 Å². The molecule has 0 bridgehead atoms. The Kier molecular flexibility index (Phi) is 5.89. The average Bonchev–Trinajstić information content (AvgIpc) is 3.35. The number of rotatable bonds is 6.